The van der Waals surface area contributed by atoms with Crippen LogP contribution in [-0.4, -0.2) is 24.3 Å². The number of aliphatic hydroxyl groups excluding tert-OH is 1. The SMILES string of the molecule is Cc1oc(-c2cccs2)nc1CS(=O)(=O)CC(O)c1c(F)cccc1F. The summed E-state index contributed by atoms with van der Waals surface area (Å²) in [6.45, 7) is 1.59. The number of oxazole rings is 1. The molecule has 5 nitrogen and oxygen atoms in total. The van der Waals surface area contributed by atoms with Crippen molar-refractivity contribution in [3.63, 3.8) is 0 Å². The Bertz CT molecular complexity index is 993. The molecule has 0 saturated carbocycles. The number of rotatable bonds is 6. The van der Waals surface area contributed by atoms with Crippen LogP contribution in [0.1, 0.15) is 23.1 Å². The van der Waals surface area contributed by atoms with Gasteiger partial charge in [-0.3, -0.25) is 0 Å². The Morgan fingerprint density at radius 1 is 1.23 bits per heavy atom. The molecule has 0 fully saturated rings. The van der Waals surface area contributed by atoms with Crippen molar-refractivity contribution in [1.82, 2.24) is 4.98 Å². The number of aliphatic hydroxyl groups is 1. The fourth-order valence-corrected chi connectivity index (χ4v) is 4.59. The lowest BCUT2D eigenvalue weighted by Gasteiger charge is -2.13. The Hall–Kier alpha value is -2.10. The number of hydrogen-bond donors (Lipinski definition) is 1. The number of sulfone groups is 1. The van der Waals surface area contributed by atoms with E-state index in [0.717, 1.165) is 23.1 Å². The number of benzene rings is 1. The summed E-state index contributed by atoms with van der Waals surface area (Å²) in [6.07, 6.45) is -1.81. The number of aryl methyl sites for hydroxylation is 1. The normalized spacial score (nSPS) is 13.1. The second-order valence-corrected chi connectivity index (χ2v) is 8.76. The Balaban J connectivity index is 1.79. The summed E-state index contributed by atoms with van der Waals surface area (Å²) in [5.41, 5.74) is -0.457. The summed E-state index contributed by atoms with van der Waals surface area (Å²) in [6, 6.07) is 6.67. The predicted molar refractivity (Wildman–Crippen MR) is 93.4 cm³/mol. The quantitative estimate of drug-likeness (QED) is 0.685. The first kappa shape index (κ1) is 18.7. The summed E-state index contributed by atoms with van der Waals surface area (Å²) in [5.74, 6) is -2.67. The standard InChI is InChI=1S/C17H15F2NO4S2/c1-10-13(20-17(24-10)15-6-3-7-25-15)8-26(22,23)9-14(21)16-11(18)4-2-5-12(16)19/h2-7,14,21H,8-9H2,1H3. The van der Waals surface area contributed by atoms with E-state index in [4.69, 9.17) is 4.42 Å². The molecule has 0 amide bonds. The summed E-state index contributed by atoms with van der Waals surface area (Å²) in [5, 5.41) is 11.9. The minimum atomic E-state index is -3.90. The van der Waals surface area contributed by atoms with Gasteiger partial charge in [-0.05, 0) is 30.5 Å². The monoisotopic (exact) mass is 399 g/mol. The Morgan fingerprint density at radius 2 is 1.92 bits per heavy atom. The number of nitrogens with zero attached hydrogens (tertiary/aromatic N) is 1. The maximum atomic E-state index is 13.7. The molecule has 0 aliphatic heterocycles. The molecule has 3 rings (SSSR count). The van der Waals surface area contributed by atoms with Crippen LogP contribution in [0.4, 0.5) is 8.78 Å². The maximum Gasteiger partial charge on any atom is 0.236 e. The van der Waals surface area contributed by atoms with Crippen LogP contribution >= 0.6 is 11.3 Å². The third kappa shape index (κ3) is 4.00. The molecule has 0 radical (unpaired) electrons. The van der Waals surface area contributed by atoms with Gasteiger partial charge in [0.1, 0.15) is 17.4 Å². The van der Waals surface area contributed by atoms with E-state index in [0.29, 0.717) is 11.7 Å². The van der Waals surface area contributed by atoms with Gasteiger partial charge in [0.05, 0.1) is 33.7 Å². The Labute approximate surface area is 152 Å². The van der Waals surface area contributed by atoms with Crippen molar-refractivity contribution >= 4 is 21.2 Å². The minimum absolute atomic E-state index is 0.203. The number of aromatic nitrogens is 1. The molecule has 1 aromatic carbocycles. The van der Waals surface area contributed by atoms with E-state index in [9.17, 15) is 22.3 Å². The molecule has 1 N–H and O–H groups in total. The molecule has 1 unspecified atom stereocenters. The molecule has 0 aliphatic carbocycles. The van der Waals surface area contributed by atoms with Gasteiger partial charge in [-0.25, -0.2) is 22.2 Å². The van der Waals surface area contributed by atoms with Gasteiger partial charge in [-0.1, -0.05) is 12.1 Å². The molecule has 1 atom stereocenters. The highest BCUT2D eigenvalue weighted by molar-refractivity contribution is 7.90. The maximum absolute atomic E-state index is 13.7. The van der Waals surface area contributed by atoms with Gasteiger partial charge in [-0.15, -0.1) is 11.3 Å². The molecule has 0 saturated heterocycles. The molecule has 9 heteroatoms. The van der Waals surface area contributed by atoms with Gasteiger partial charge < -0.3 is 9.52 Å². The average Bonchev–Trinajstić information content (AvgIpc) is 3.16. The number of hydrogen-bond acceptors (Lipinski definition) is 6. The van der Waals surface area contributed by atoms with Gasteiger partial charge in [0.2, 0.25) is 5.89 Å². The molecule has 138 valence electrons. The average molecular weight is 399 g/mol. The van der Waals surface area contributed by atoms with Crippen LogP contribution < -0.4 is 0 Å². The van der Waals surface area contributed by atoms with Crippen molar-refractivity contribution in [1.29, 1.82) is 0 Å². The Kier molecular flexibility index (Phi) is 5.22. The van der Waals surface area contributed by atoms with Gasteiger partial charge in [0.25, 0.3) is 0 Å². The summed E-state index contributed by atoms with van der Waals surface area (Å²) in [4.78, 5) is 4.94. The zero-order chi connectivity index (χ0) is 18.9. The van der Waals surface area contributed by atoms with Crippen LogP contribution in [0.15, 0.2) is 40.1 Å². The van der Waals surface area contributed by atoms with Crippen LogP contribution in [0.25, 0.3) is 10.8 Å². The molecule has 26 heavy (non-hydrogen) atoms. The first-order chi connectivity index (χ1) is 12.3. The highest BCUT2D eigenvalue weighted by Gasteiger charge is 2.26. The molecule has 2 heterocycles. The van der Waals surface area contributed by atoms with Crippen LogP contribution in [0.3, 0.4) is 0 Å². The van der Waals surface area contributed by atoms with Gasteiger partial charge in [0.15, 0.2) is 9.84 Å². The zero-order valence-electron chi connectivity index (χ0n) is 13.6. The number of halogens is 2. The van der Waals surface area contributed by atoms with E-state index in [1.165, 1.54) is 11.3 Å². The topological polar surface area (TPSA) is 80.4 Å². The first-order valence-corrected chi connectivity index (χ1v) is 10.3. The number of thiophene rings is 1. The van der Waals surface area contributed by atoms with Crippen molar-refractivity contribution in [2.75, 3.05) is 5.75 Å². The van der Waals surface area contributed by atoms with Gasteiger partial charge in [0, 0.05) is 0 Å². The fourth-order valence-electron chi connectivity index (χ4n) is 2.49. The second kappa shape index (κ2) is 7.26. The van der Waals surface area contributed by atoms with Crippen LogP contribution in [-0.2, 0) is 15.6 Å². The van der Waals surface area contributed by atoms with E-state index in [1.54, 1.807) is 13.0 Å². The predicted octanol–water partition coefficient (Wildman–Crippen LogP) is 3.64. The second-order valence-electron chi connectivity index (χ2n) is 5.70. The lowest BCUT2D eigenvalue weighted by atomic mass is 10.1. The van der Waals surface area contributed by atoms with Crippen LogP contribution in [0.2, 0.25) is 0 Å². The minimum Gasteiger partial charge on any atom is -0.440 e. The van der Waals surface area contributed by atoms with Crippen molar-refractivity contribution < 1.29 is 26.7 Å². The van der Waals surface area contributed by atoms with Crippen molar-refractivity contribution in [3.8, 4) is 10.8 Å². The van der Waals surface area contributed by atoms with Crippen molar-refractivity contribution in [2.24, 2.45) is 0 Å². The van der Waals surface area contributed by atoms with Gasteiger partial charge >= 0.3 is 0 Å². The molecule has 2 aromatic heterocycles. The summed E-state index contributed by atoms with van der Waals surface area (Å²) in [7, 11) is -3.90. The van der Waals surface area contributed by atoms with E-state index in [2.05, 4.69) is 4.98 Å². The molecule has 0 bridgehead atoms. The molecule has 0 spiro atoms. The largest absolute Gasteiger partial charge is 0.440 e. The summed E-state index contributed by atoms with van der Waals surface area (Å²) >= 11 is 1.40. The molecule has 3 aromatic rings. The van der Waals surface area contributed by atoms with Crippen molar-refractivity contribution in [2.45, 2.75) is 18.8 Å². The van der Waals surface area contributed by atoms with Gasteiger partial charge in [-0.2, -0.15) is 0 Å². The van der Waals surface area contributed by atoms with Crippen molar-refractivity contribution in [3.05, 3.63) is 64.4 Å². The lowest BCUT2D eigenvalue weighted by Crippen LogP contribution is -2.18. The molecule has 0 aliphatic rings. The molecular weight excluding hydrogens is 384 g/mol. The van der Waals surface area contributed by atoms with E-state index < -0.39 is 44.6 Å². The van der Waals surface area contributed by atoms with Crippen LogP contribution in [0.5, 0.6) is 0 Å². The van der Waals surface area contributed by atoms with E-state index in [-0.39, 0.29) is 5.69 Å². The third-order valence-corrected chi connectivity index (χ3v) is 6.12. The van der Waals surface area contributed by atoms with Crippen LogP contribution in [0, 0.1) is 18.6 Å². The lowest BCUT2D eigenvalue weighted by molar-refractivity contribution is 0.191. The third-order valence-electron chi connectivity index (χ3n) is 3.73. The smallest absolute Gasteiger partial charge is 0.236 e. The Morgan fingerprint density at radius 3 is 2.54 bits per heavy atom. The summed E-state index contributed by atoms with van der Waals surface area (Å²) < 4.78 is 57.6. The fraction of sp³-hybridized carbons (Fsp3) is 0.235. The highest BCUT2D eigenvalue weighted by atomic mass is 32.2. The zero-order valence-corrected chi connectivity index (χ0v) is 15.3. The molecular formula is C17H15F2NO4S2. The highest BCUT2D eigenvalue weighted by Crippen LogP contribution is 2.28. The van der Waals surface area contributed by atoms with E-state index in [1.807, 2.05) is 11.4 Å². The first-order valence-electron chi connectivity index (χ1n) is 7.59. The van der Waals surface area contributed by atoms with E-state index >= 15 is 0 Å².